The summed E-state index contributed by atoms with van der Waals surface area (Å²) < 4.78 is 0. The average molecular weight is 226 g/mol. The Morgan fingerprint density at radius 1 is 1.00 bits per heavy atom. The molecule has 0 aromatic heterocycles. The van der Waals surface area contributed by atoms with Crippen LogP contribution < -0.4 is 11.1 Å². The van der Waals surface area contributed by atoms with Crippen LogP contribution in [0.5, 0.6) is 0 Å². The first-order valence-corrected chi connectivity index (χ1v) is 5.43. The Morgan fingerprint density at radius 2 is 1.65 bits per heavy atom. The Kier molecular flexibility index (Phi) is 3.40. The molecular formula is C14H14N2O. The Morgan fingerprint density at radius 3 is 2.29 bits per heavy atom. The van der Waals surface area contributed by atoms with Gasteiger partial charge in [-0.3, -0.25) is 4.79 Å². The minimum Gasteiger partial charge on any atom is -0.399 e. The van der Waals surface area contributed by atoms with Crippen LogP contribution in [-0.2, 0) is 11.2 Å². The summed E-state index contributed by atoms with van der Waals surface area (Å²) in [5.74, 6) is -0.0269. The van der Waals surface area contributed by atoms with E-state index < -0.39 is 0 Å². The molecule has 1 amide bonds. The third-order valence-corrected chi connectivity index (χ3v) is 2.40. The summed E-state index contributed by atoms with van der Waals surface area (Å²) in [4.78, 5) is 11.7. The highest BCUT2D eigenvalue weighted by atomic mass is 16.1. The normalized spacial score (nSPS) is 9.88. The number of hydrogen-bond donors (Lipinski definition) is 2. The molecule has 3 nitrogen and oxygen atoms in total. The van der Waals surface area contributed by atoms with Crippen LogP contribution in [0.4, 0.5) is 11.4 Å². The summed E-state index contributed by atoms with van der Waals surface area (Å²) in [7, 11) is 0. The zero-order chi connectivity index (χ0) is 12.1. The topological polar surface area (TPSA) is 55.1 Å². The molecule has 0 aliphatic carbocycles. The third-order valence-electron chi connectivity index (χ3n) is 2.40. The molecule has 0 saturated carbocycles. The van der Waals surface area contributed by atoms with E-state index in [4.69, 9.17) is 5.73 Å². The average Bonchev–Trinajstić information content (AvgIpc) is 2.33. The Labute approximate surface area is 100 Å². The van der Waals surface area contributed by atoms with Crippen molar-refractivity contribution < 1.29 is 4.79 Å². The number of nitrogens with one attached hydrogen (secondary N) is 1. The van der Waals surface area contributed by atoms with Crippen LogP contribution in [-0.4, -0.2) is 5.91 Å². The fraction of sp³-hybridized carbons (Fsp3) is 0.0714. The third kappa shape index (κ3) is 3.34. The molecule has 0 heterocycles. The first kappa shape index (κ1) is 11.2. The van der Waals surface area contributed by atoms with Crippen LogP contribution in [0.15, 0.2) is 54.6 Å². The second kappa shape index (κ2) is 5.16. The van der Waals surface area contributed by atoms with Gasteiger partial charge < -0.3 is 11.1 Å². The van der Waals surface area contributed by atoms with Gasteiger partial charge in [-0.1, -0.05) is 30.3 Å². The molecule has 0 aliphatic rings. The number of nitrogen functional groups attached to an aromatic ring is 1. The lowest BCUT2D eigenvalue weighted by molar-refractivity contribution is -0.115. The Bertz CT molecular complexity index is 491. The molecule has 3 N–H and O–H groups in total. The number of carbonyl (C=O) groups is 1. The van der Waals surface area contributed by atoms with Gasteiger partial charge in [0.1, 0.15) is 0 Å². The molecule has 2 aromatic rings. The quantitative estimate of drug-likeness (QED) is 0.790. The molecule has 2 aromatic carbocycles. The molecule has 86 valence electrons. The molecule has 0 bridgehead atoms. The summed E-state index contributed by atoms with van der Waals surface area (Å²) in [5.41, 5.74) is 8.02. The zero-order valence-corrected chi connectivity index (χ0v) is 9.39. The highest BCUT2D eigenvalue weighted by Crippen LogP contribution is 2.11. The first-order valence-electron chi connectivity index (χ1n) is 5.43. The maximum Gasteiger partial charge on any atom is 0.228 e. The largest absolute Gasteiger partial charge is 0.399 e. The summed E-state index contributed by atoms with van der Waals surface area (Å²) >= 11 is 0. The van der Waals surface area contributed by atoms with Crippen molar-refractivity contribution in [1.29, 1.82) is 0 Å². The van der Waals surface area contributed by atoms with Gasteiger partial charge in [-0.15, -0.1) is 0 Å². The molecule has 0 saturated heterocycles. The van der Waals surface area contributed by atoms with Crippen molar-refractivity contribution in [3.05, 3.63) is 60.2 Å². The van der Waals surface area contributed by atoms with E-state index in [1.54, 1.807) is 24.3 Å². The van der Waals surface area contributed by atoms with Crippen molar-refractivity contribution in [1.82, 2.24) is 0 Å². The van der Waals surface area contributed by atoms with Gasteiger partial charge in [0.15, 0.2) is 0 Å². The molecule has 0 atom stereocenters. The van der Waals surface area contributed by atoms with E-state index in [9.17, 15) is 4.79 Å². The second-order valence-corrected chi connectivity index (χ2v) is 3.83. The van der Waals surface area contributed by atoms with Gasteiger partial charge in [0.2, 0.25) is 5.91 Å². The molecule has 2 rings (SSSR count). The van der Waals surface area contributed by atoms with Gasteiger partial charge in [0.25, 0.3) is 0 Å². The highest BCUT2D eigenvalue weighted by Gasteiger charge is 2.03. The van der Waals surface area contributed by atoms with Crippen LogP contribution in [0.1, 0.15) is 5.56 Å². The van der Waals surface area contributed by atoms with E-state index in [0.29, 0.717) is 12.1 Å². The van der Waals surface area contributed by atoms with Crippen LogP contribution >= 0.6 is 0 Å². The number of carbonyl (C=O) groups excluding carboxylic acids is 1. The predicted molar refractivity (Wildman–Crippen MR) is 69.6 cm³/mol. The van der Waals surface area contributed by atoms with Gasteiger partial charge in [0, 0.05) is 11.4 Å². The predicted octanol–water partition coefficient (Wildman–Crippen LogP) is 2.45. The van der Waals surface area contributed by atoms with Gasteiger partial charge in [-0.2, -0.15) is 0 Å². The number of amides is 1. The van der Waals surface area contributed by atoms with Gasteiger partial charge >= 0.3 is 0 Å². The maximum absolute atomic E-state index is 11.7. The molecule has 0 aliphatic heterocycles. The summed E-state index contributed by atoms with van der Waals surface area (Å²) in [5, 5.41) is 2.82. The van der Waals surface area contributed by atoms with Crippen molar-refractivity contribution in [3.63, 3.8) is 0 Å². The molecule has 0 radical (unpaired) electrons. The van der Waals surface area contributed by atoms with Crippen LogP contribution in [0.25, 0.3) is 0 Å². The number of rotatable bonds is 3. The van der Waals surface area contributed by atoms with Crippen LogP contribution in [0.2, 0.25) is 0 Å². The molecule has 3 heteroatoms. The number of benzene rings is 2. The van der Waals surface area contributed by atoms with E-state index in [-0.39, 0.29) is 5.91 Å². The highest BCUT2D eigenvalue weighted by molar-refractivity contribution is 5.92. The maximum atomic E-state index is 11.7. The van der Waals surface area contributed by atoms with E-state index >= 15 is 0 Å². The fourth-order valence-corrected chi connectivity index (χ4v) is 1.55. The second-order valence-electron chi connectivity index (χ2n) is 3.83. The molecule has 0 spiro atoms. The van der Waals surface area contributed by atoms with Crippen molar-refractivity contribution in [2.45, 2.75) is 6.42 Å². The standard InChI is InChI=1S/C14H14N2O/c15-12-6-8-13(9-7-12)16-14(17)10-11-4-2-1-3-5-11/h1-9H,10,15H2,(H,16,17). The Hall–Kier alpha value is -2.29. The van der Waals surface area contributed by atoms with E-state index in [2.05, 4.69) is 5.32 Å². The SMILES string of the molecule is Nc1ccc(NC(=O)Cc2ccccc2)cc1. The molecular weight excluding hydrogens is 212 g/mol. The summed E-state index contributed by atoms with van der Waals surface area (Å²) in [6, 6.07) is 16.7. The van der Waals surface area contributed by atoms with E-state index in [0.717, 1.165) is 11.3 Å². The van der Waals surface area contributed by atoms with E-state index in [1.165, 1.54) is 0 Å². The minimum absolute atomic E-state index is 0.0269. The zero-order valence-electron chi connectivity index (χ0n) is 9.39. The fourth-order valence-electron chi connectivity index (χ4n) is 1.55. The Balaban J connectivity index is 1.96. The number of nitrogens with two attached hydrogens (primary N) is 1. The van der Waals surface area contributed by atoms with Crippen LogP contribution in [0.3, 0.4) is 0 Å². The monoisotopic (exact) mass is 226 g/mol. The molecule has 0 unspecified atom stereocenters. The molecule has 0 fully saturated rings. The van der Waals surface area contributed by atoms with Gasteiger partial charge in [-0.05, 0) is 29.8 Å². The van der Waals surface area contributed by atoms with Crippen molar-refractivity contribution in [3.8, 4) is 0 Å². The lowest BCUT2D eigenvalue weighted by Gasteiger charge is -2.05. The number of anilines is 2. The van der Waals surface area contributed by atoms with Crippen molar-refractivity contribution >= 4 is 17.3 Å². The minimum atomic E-state index is -0.0269. The van der Waals surface area contributed by atoms with E-state index in [1.807, 2.05) is 30.3 Å². The van der Waals surface area contributed by atoms with Crippen molar-refractivity contribution in [2.24, 2.45) is 0 Å². The van der Waals surface area contributed by atoms with Crippen LogP contribution in [0, 0.1) is 0 Å². The van der Waals surface area contributed by atoms with Crippen molar-refractivity contribution in [2.75, 3.05) is 11.1 Å². The van der Waals surface area contributed by atoms with Gasteiger partial charge in [-0.25, -0.2) is 0 Å². The first-order chi connectivity index (χ1) is 8.24. The molecule has 17 heavy (non-hydrogen) atoms. The number of hydrogen-bond acceptors (Lipinski definition) is 2. The smallest absolute Gasteiger partial charge is 0.228 e. The summed E-state index contributed by atoms with van der Waals surface area (Å²) in [6.07, 6.45) is 0.380. The lowest BCUT2D eigenvalue weighted by atomic mass is 10.1. The lowest BCUT2D eigenvalue weighted by Crippen LogP contribution is -2.14. The summed E-state index contributed by atoms with van der Waals surface area (Å²) in [6.45, 7) is 0. The van der Waals surface area contributed by atoms with Gasteiger partial charge in [0.05, 0.1) is 6.42 Å².